The minimum Gasteiger partial charge on any atom is -0.374 e. The van der Waals surface area contributed by atoms with Gasteiger partial charge in [-0.05, 0) is 37.5 Å². The van der Waals surface area contributed by atoms with E-state index in [2.05, 4.69) is 27.7 Å². The third-order valence-corrected chi connectivity index (χ3v) is 6.35. The molecule has 2 unspecified atom stereocenters. The molecule has 3 fully saturated rings. The highest BCUT2D eigenvalue weighted by molar-refractivity contribution is 5.09. The van der Waals surface area contributed by atoms with E-state index in [1.165, 1.54) is 25.7 Å². The number of ether oxygens (including phenoxy) is 3. The predicted octanol–water partition coefficient (Wildman–Crippen LogP) is 3.90. The van der Waals surface area contributed by atoms with E-state index in [0.717, 1.165) is 26.1 Å². The van der Waals surface area contributed by atoms with Gasteiger partial charge in [0.25, 0.3) is 0 Å². The van der Waals surface area contributed by atoms with Gasteiger partial charge in [-0.3, -0.25) is 0 Å². The van der Waals surface area contributed by atoms with Gasteiger partial charge in [-0.15, -0.1) is 0 Å². The van der Waals surface area contributed by atoms with Crippen molar-refractivity contribution in [3.63, 3.8) is 0 Å². The van der Waals surface area contributed by atoms with Gasteiger partial charge in [-0.25, -0.2) is 0 Å². The highest BCUT2D eigenvalue weighted by Gasteiger charge is 2.64. The molecule has 3 rings (SSSR count). The average molecular weight is 282 g/mol. The van der Waals surface area contributed by atoms with E-state index in [1.54, 1.807) is 0 Å². The lowest BCUT2D eigenvalue weighted by atomic mass is 9.54. The molecule has 0 aromatic carbocycles. The second kappa shape index (κ2) is 4.96. The van der Waals surface area contributed by atoms with Gasteiger partial charge in [0.1, 0.15) is 0 Å². The molecule has 3 atom stereocenters. The van der Waals surface area contributed by atoms with Gasteiger partial charge in [-0.2, -0.15) is 0 Å². The second-order valence-corrected chi connectivity index (χ2v) is 7.47. The molecule has 3 aliphatic rings. The quantitative estimate of drug-likeness (QED) is 0.768. The first-order valence-electron chi connectivity index (χ1n) is 8.43. The highest BCUT2D eigenvalue weighted by Crippen LogP contribution is 2.61. The molecule has 0 bridgehead atoms. The van der Waals surface area contributed by atoms with E-state index in [0.29, 0.717) is 11.5 Å². The maximum Gasteiger partial charge on any atom is 0.176 e. The lowest BCUT2D eigenvalue weighted by Crippen LogP contribution is -2.65. The maximum absolute atomic E-state index is 6.58. The van der Waals surface area contributed by atoms with Crippen LogP contribution in [0, 0.1) is 10.8 Å². The van der Waals surface area contributed by atoms with E-state index in [9.17, 15) is 0 Å². The van der Waals surface area contributed by atoms with E-state index in [4.69, 9.17) is 14.2 Å². The molecule has 1 aliphatic carbocycles. The van der Waals surface area contributed by atoms with E-state index < -0.39 is 5.79 Å². The second-order valence-electron chi connectivity index (χ2n) is 7.47. The Kier molecular flexibility index (Phi) is 3.67. The first-order valence-corrected chi connectivity index (χ1v) is 8.43. The number of hydrogen-bond donors (Lipinski definition) is 0. The Morgan fingerprint density at radius 2 is 1.70 bits per heavy atom. The predicted molar refractivity (Wildman–Crippen MR) is 78.6 cm³/mol. The number of rotatable bonds is 2. The van der Waals surface area contributed by atoms with Crippen molar-refractivity contribution in [1.29, 1.82) is 0 Å². The number of hydrogen-bond acceptors (Lipinski definition) is 3. The molecule has 3 nitrogen and oxygen atoms in total. The minimum absolute atomic E-state index is 0.0778. The Morgan fingerprint density at radius 1 is 1.00 bits per heavy atom. The Hall–Kier alpha value is -0.120. The SMILES string of the molecule is CCC1CCC2(CC)CCC3(OCCO3)C(C)(C)[C@@H]2O1. The first kappa shape index (κ1) is 14.8. The molecule has 0 aromatic heterocycles. The summed E-state index contributed by atoms with van der Waals surface area (Å²) in [5.41, 5.74) is 0.251. The van der Waals surface area contributed by atoms with Crippen LogP contribution in [0.1, 0.15) is 66.2 Å². The van der Waals surface area contributed by atoms with Crippen LogP contribution >= 0.6 is 0 Å². The van der Waals surface area contributed by atoms with Crippen LogP contribution in [0.25, 0.3) is 0 Å². The van der Waals surface area contributed by atoms with Crippen LogP contribution in [-0.2, 0) is 14.2 Å². The lowest BCUT2D eigenvalue weighted by Gasteiger charge is -2.61. The van der Waals surface area contributed by atoms with Crippen molar-refractivity contribution in [2.45, 2.75) is 84.2 Å². The van der Waals surface area contributed by atoms with Gasteiger partial charge in [0, 0.05) is 11.8 Å². The number of fused-ring (bicyclic) bond motifs is 1. The van der Waals surface area contributed by atoms with Crippen molar-refractivity contribution >= 4 is 0 Å². The van der Waals surface area contributed by atoms with E-state index in [1.807, 2.05) is 0 Å². The molecule has 2 heterocycles. The average Bonchev–Trinajstić information content (AvgIpc) is 2.94. The van der Waals surface area contributed by atoms with E-state index >= 15 is 0 Å². The van der Waals surface area contributed by atoms with Crippen LogP contribution in [0.4, 0.5) is 0 Å². The summed E-state index contributed by atoms with van der Waals surface area (Å²) < 4.78 is 18.8. The zero-order valence-electron chi connectivity index (χ0n) is 13.5. The van der Waals surface area contributed by atoms with Crippen LogP contribution in [0.2, 0.25) is 0 Å². The summed E-state index contributed by atoms with van der Waals surface area (Å²) in [7, 11) is 0. The zero-order valence-corrected chi connectivity index (χ0v) is 13.5. The Labute approximate surface area is 123 Å². The van der Waals surface area contributed by atoms with Crippen LogP contribution in [-0.4, -0.2) is 31.2 Å². The molecular weight excluding hydrogens is 252 g/mol. The van der Waals surface area contributed by atoms with Crippen molar-refractivity contribution < 1.29 is 14.2 Å². The molecule has 0 aromatic rings. The summed E-state index contributed by atoms with van der Waals surface area (Å²) in [5, 5.41) is 0. The molecule has 20 heavy (non-hydrogen) atoms. The molecule has 116 valence electrons. The largest absolute Gasteiger partial charge is 0.374 e. The van der Waals surface area contributed by atoms with Gasteiger partial charge >= 0.3 is 0 Å². The Balaban J connectivity index is 1.94. The van der Waals surface area contributed by atoms with E-state index in [-0.39, 0.29) is 11.5 Å². The standard InChI is InChI=1S/C17H30O3/c1-5-13-7-8-16(6-2)9-10-17(18-11-12-19-17)15(3,4)14(16)20-13/h13-14H,5-12H2,1-4H3/t13?,14-,16?/m0/s1. The molecular formula is C17H30O3. The smallest absolute Gasteiger partial charge is 0.176 e. The summed E-state index contributed by atoms with van der Waals surface area (Å²) in [6.07, 6.45) is 7.69. The lowest BCUT2D eigenvalue weighted by molar-refractivity contribution is -0.324. The van der Waals surface area contributed by atoms with Crippen LogP contribution in [0.3, 0.4) is 0 Å². The van der Waals surface area contributed by atoms with Crippen molar-refractivity contribution in [1.82, 2.24) is 0 Å². The monoisotopic (exact) mass is 282 g/mol. The molecule has 0 radical (unpaired) electrons. The normalized spacial score (nSPS) is 42.6. The molecule has 3 heteroatoms. The third-order valence-electron chi connectivity index (χ3n) is 6.35. The van der Waals surface area contributed by atoms with Crippen LogP contribution in [0.15, 0.2) is 0 Å². The van der Waals surface area contributed by atoms with Crippen molar-refractivity contribution in [3.8, 4) is 0 Å². The summed E-state index contributed by atoms with van der Waals surface area (Å²) in [6.45, 7) is 10.6. The molecule has 0 N–H and O–H groups in total. The Morgan fingerprint density at radius 3 is 2.30 bits per heavy atom. The van der Waals surface area contributed by atoms with Crippen molar-refractivity contribution in [2.75, 3.05) is 13.2 Å². The van der Waals surface area contributed by atoms with Gasteiger partial charge in [0.2, 0.25) is 0 Å². The molecule has 0 amide bonds. The fraction of sp³-hybridized carbons (Fsp3) is 1.00. The molecule has 2 aliphatic heterocycles. The van der Waals surface area contributed by atoms with Gasteiger partial charge in [-0.1, -0.05) is 27.7 Å². The van der Waals surface area contributed by atoms with Crippen molar-refractivity contribution in [2.24, 2.45) is 10.8 Å². The van der Waals surface area contributed by atoms with Gasteiger partial charge in [0.15, 0.2) is 5.79 Å². The minimum atomic E-state index is -0.411. The molecule has 2 saturated heterocycles. The maximum atomic E-state index is 6.58. The zero-order chi connectivity index (χ0) is 14.4. The summed E-state index contributed by atoms with van der Waals surface area (Å²) in [5.74, 6) is -0.411. The summed E-state index contributed by atoms with van der Waals surface area (Å²) in [4.78, 5) is 0. The third kappa shape index (κ3) is 1.89. The van der Waals surface area contributed by atoms with Crippen LogP contribution < -0.4 is 0 Å². The topological polar surface area (TPSA) is 27.7 Å². The highest BCUT2D eigenvalue weighted by atomic mass is 16.7. The summed E-state index contributed by atoms with van der Waals surface area (Å²) in [6, 6.07) is 0. The van der Waals surface area contributed by atoms with Gasteiger partial charge in [0.05, 0.1) is 25.4 Å². The van der Waals surface area contributed by atoms with Crippen LogP contribution in [0.5, 0.6) is 0 Å². The molecule has 1 saturated carbocycles. The fourth-order valence-electron chi connectivity index (χ4n) is 4.92. The van der Waals surface area contributed by atoms with Crippen molar-refractivity contribution in [3.05, 3.63) is 0 Å². The van der Waals surface area contributed by atoms with Gasteiger partial charge < -0.3 is 14.2 Å². The molecule has 1 spiro atoms. The first-order chi connectivity index (χ1) is 9.50. The Bertz CT molecular complexity index is 359. The summed E-state index contributed by atoms with van der Waals surface area (Å²) >= 11 is 0. The fourth-order valence-corrected chi connectivity index (χ4v) is 4.92.